The van der Waals surface area contributed by atoms with Crippen LogP contribution in [0.15, 0.2) is 4.42 Å². The van der Waals surface area contributed by atoms with Gasteiger partial charge >= 0.3 is 6.01 Å². The number of aromatic nitrogens is 2. The van der Waals surface area contributed by atoms with E-state index in [4.69, 9.17) is 10.2 Å². The number of nitrogens with one attached hydrogen (secondary N) is 2. The molecule has 84 valence electrons. The van der Waals surface area contributed by atoms with Gasteiger partial charge in [-0.1, -0.05) is 5.10 Å². The molecule has 1 amide bonds. The van der Waals surface area contributed by atoms with Crippen molar-refractivity contribution in [3.63, 3.8) is 0 Å². The van der Waals surface area contributed by atoms with Crippen LogP contribution in [-0.4, -0.2) is 35.7 Å². The Kier molecular flexibility index (Phi) is 4.55. The molecule has 1 aromatic heterocycles. The van der Waals surface area contributed by atoms with Crippen molar-refractivity contribution in [1.29, 1.82) is 0 Å². The number of anilines is 1. The molecule has 0 aliphatic carbocycles. The van der Waals surface area contributed by atoms with Crippen LogP contribution in [0.3, 0.4) is 0 Å². The first kappa shape index (κ1) is 11.4. The third-order valence-corrected chi connectivity index (χ3v) is 1.60. The summed E-state index contributed by atoms with van der Waals surface area (Å²) in [6.07, 6.45) is 0.570. The van der Waals surface area contributed by atoms with Gasteiger partial charge in [0, 0.05) is 33.0 Å². The number of amides is 1. The van der Waals surface area contributed by atoms with Crippen LogP contribution in [0.2, 0.25) is 0 Å². The number of nitrogens with two attached hydrogens (primary N) is 1. The van der Waals surface area contributed by atoms with Gasteiger partial charge < -0.3 is 20.8 Å². The molecule has 4 N–H and O–H groups in total. The quantitative estimate of drug-likeness (QED) is 0.530. The molecule has 7 nitrogen and oxygen atoms in total. The summed E-state index contributed by atoms with van der Waals surface area (Å²) in [5.41, 5.74) is 5.33. The monoisotopic (exact) mass is 213 g/mol. The lowest BCUT2D eigenvalue weighted by molar-refractivity contribution is -0.118. The molecule has 0 radical (unpaired) electrons. The van der Waals surface area contributed by atoms with E-state index in [1.54, 1.807) is 0 Å². The lowest BCUT2D eigenvalue weighted by Gasteiger charge is -2.01. The Morgan fingerprint density at radius 3 is 2.93 bits per heavy atom. The largest absolute Gasteiger partial charge is 0.408 e. The van der Waals surface area contributed by atoms with Crippen molar-refractivity contribution >= 4 is 11.9 Å². The second kappa shape index (κ2) is 5.97. The van der Waals surface area contributed by atoms with Gasteiger partial charge in [0.15, 0.2) is 0 Å². The Morgan fingerprint density at radius 2 is 2.27 bits per heavy atom. The van der Waals surface area contributed by atoms with Crippen LogP contribution in [0.1, 0.15) is 12.8 Å². The molecular weight excluding hydrogens is 198 g/mol. The fourth-order valence-electron chi connectivity index (χ4n) is 0.958. The van der Waals surface area contributed by atoms with E-state index in [1.807, 2.05) is 0 Å². The fourth-order valence-corrected chi connectivity index (χ4v) is 0.958. The molecule has 0 fully saturated rings. The van der Waals surface area contributed by atoms with Crippen molar-refractivity contribution < 1.29 is 9.21 Å². The zero-order valence-corrected chi connectivity index (χ0v) is 8.62. The van der Waals surface area contributed by atoms with Gasteiger partial charge in [0.2, 0.25) is 11.8 Å². The van der Waals surface area contributed by atoms with Crippen LogP contribution in [0.4, 0.5) is 6.01 Å². The summed E-state index contributed by atoms with van der Waals surface area (Å²) >= 11 is 0. The molecule has 1 rings (SSSR count). The van der Waals surface area contributed by atoms with Gasteiger partial charge in [-0.25, -0.2) is 0 Å². The second-order valence-electron chi connectivity index (χ2n) is 2.95. The summed E-state index contributed by atoms with van der Waals surface area (Å²) in [5, 5.41) is 13.0. The van der Waals surface area contributed by atoms with E-state index in [0.29, 0.717) is 38.0 Å². The van der Waals surface area contributed by atoms with Gasteiger partial charge in [-0.2, -0.15) is 0 Å². The predicted molar refractivity (Wildman–Crippen MR) is 54.2 cm³/mol. The summed E-state index contributed by atoms with van der Waals surface area (Å²) in [7, 11) is 0. The summed E-state index contributed by atoms with van der Waals surface area (Å²) in [5.74, 6) is 0.450. The molecule has 0 aliphatic rings. The smallest absolute Gasteiger partial charge is 0.315 e. The first-order valence-corrected chi connectivity index (χ1v) is 4.73. The van der Waals surface area contributed by atoms with Gasteiger partial charge in [-0.3, -0.25) is 4.79 Å². The number of rotatable bonds is 6. The third kappa shape index (κ3) is 4.41. The van der Waals surface area contributed by atoms with Crippen molar-refractivity contribution in [3.8, 4) is 0 Å². The van der Waals surface area contributed by atoms with Crippen LogP contribution in [0, 0.1) is 0 Å². The van der Waals surface area contributed by atoms with Gasteiger partial charge in [-0.15, -0.1) is 5.10 Å². The van der Waals surface area contributed by atoms with Gasteiger partial charge in [-0.05, 0) is 0 Å². The van der Waals surface area contributed by atoms with E-state index >= 15 is 0 Å². The van der Waals surface area contributed by atoms with Gasteiger partial charge in [0.25, 0.3) is 0 Å². The predicted octanol–water partition coefficient (Wildman–Crippen LogP) is -0.881. The van der Waals surface area contributed by atoms with Crippen molar-refractivity contribution in [3.05, 3.63) is 5.89 Å². The van der Waals surface area contributed by atoms with E-state index in [-0.39, 0.29) is 5.91 Å². The minimum Gasteiger partial charge on any atom is -0.408 e. The standard InChI is InChI=1S/C8H15N5O2/c1-6(14)10-4-5-11-8-13-12-7(15-8)2-3-9/h2-5,9H2,1H3,(H,10,14)(H,11,13). The van der Waals surface area contributed by atoms with Crippen molar-refractivity contribution in [2.24, 2.45) is 5.73 Å². The second-order valence-corrected chi connectivity index (χ2v) is 2.95. The number of nitrogens with zero attached hydrogens (tertiary/aromatic N) is 2. The van der Waals surface area contributed by atoms with E-state index in [1.165, 1.54) is 6.92 Å². The lowest BCUT2D eigenvalue weighted by Crippen LogP contribution is -2.26. The summed E-state index contributed by atoms with van der Waals surface area (Å²) in [4.78, 5) is 10.5. The summed E-state index contributed by atoms with van der Waals surface area (Å²) < 4.78 is 5.21. The topological polar surface area (TPSA) is 106 Å². The average Bonchev–Trinajstić information content (AvgIpc) is 2.61. The zero-order chi connectivity index (χ0) is 11.1. The maximum atomic E-state index is 10.5. The Bertz CT molecular complexity index is 312. The molecule has 0 atom stereocenters. The number of hydrogen-bond donors (Lipinski definition) is 3. The first-order valence-electron chi connectivity index (χ1n) is 4.73. The molecule has 0 unspecified atom stereocenters. The van der Waals surface area contributed by atoms with Crippen LogP contribution < -0.4 is 16.4 Å². The fraction of sp³-hybridized carbons (Fsp3) is 0.625. The van der Waals surface area contributed by atoms with E-state index in [9.17, 15) is 4.79 Å². The highest BCUT2D eigenvalue weighted by Gasteiger charge is 2.03. The maximum Gasteiger partial charge on any atom is 0.315 e. The lowest BCUT2D eigenvalue weighted by atomic mass is 10.4. The van der Waals surface area contributed by atoms with E-state index < -0.39 is 0 Å². The maximum absolute atomic E-state index is 10.5. The SMILES string of the molecule is CC(=O)NCCNc1nnc(CCN)o1. The average molecular weight is 213 g/mol. The molecule has 0 saturated heterocycles. The minimum atomic E-state index is -0.0638. The van der Waals surface area contributed by atoms with Crippen LogP contribution in [0.25, 0.3) is 0 Å². The zero-order valence-electron chi connectivity index (χ0n) is 8.62. The Morgan fingerprint density at radius 1 is 1.47 bits per heavy atom. The highest BCUT2D eigenvalue weighted by Crippen LogP contribution is 2.04. The molecule has 0 aliphatic heterocycles. The molecule has 1 heterocycles. The highest BCUT2D eigenvalue weighted by atomic mass is 16.4. The summed E-state index contributed by atoms with van der Waals surface area (Å²) in [6.45, 7) is 3.01. The Balaban J connectivity index is 2.22. The van der Waals surface area contributed by atoms with Gasteiger partial charge in [0.05, 0.1) is 0 Å². The van der Waals surface area contributed by atoms with Crippen LogP contribution >= 0.6 is 0 Å². The van der Waals surface area contributed by atoms with Crippen molar-refractivity contribution in [2.75, 3.05) is 25.0 Å². The molecule has 0 saturated carbocycles. The molecule has 0 aromatic carbocycles. The van der Waals surface area contributed by atoms with E-state index in [0.717, 1.165) is 0 Å². The van der Waals surface area contributed by atoms with Crippen LogP contribution in [0.5, 0.6) is 0 Å². The first-order chi connectivity index (χ1) is 7.22. The number of carbonyl (C=O) groups is 1. The molecule has 7 heteroatoms. The third-order valence-electron chi connectivity index (χ3n) is 1.60. The van der Waals surface area contributed by atoms with Crippen molar-refractivity contribution in [2.45, 2.75) is 13.3 Å². The van der Waals surface area contributed by atoms with E-state index in [2.05, 4.69) is 20.8 Å². The molecule has 0 spiro atoms. The molecule has 1 aromatic rings. The Hall–Kier alpha value is -1.63. The number of carbonyl (C=O) groups excluding carboxylic acids is 1. The number of hydrogen-bond acceptors (Lipinski definition) is 6. The molecule has 15 heavy (non-hydrogen) atoms. The van der Waals surface area contributed by atoms with Gasteiger partial charge in [0.1, 0.15) is 0 Å². The highest BCUT2D eigenvalue weighted by molar-refractivity contribution is 5.72. The minimum absolute atomic E-state index is 0.0638. The Labute approximate surface area is 87.4 Å². The summed E-state index contributed by atoms with van der Waals surface area (Å²) in [6, 6.07) is 0.351. The molecular formula is C8H15N5O2. The molecule has 0 bridgehead atoms. The normalized spacial score (nSPS) is 10.0. The van der Waals surface area contributed by atoms with Crippen LogP contribution in [-0.2, 0) is 11.2 Å². The van der Waals surface area contributed by atoms with Crippen molar-refractivity contribution in [1.82, 2.24) is 15.5 Å².